The number of rotatable bonds is 8. The van der Waals surface area contributed by atoms with E-state index in [9.17, 15) is 4.79 Å². The number of carbonyl (C=O) groups is 1. The summed E-state index contributed by atoms with van der Waals surface area (Å²) in [6.07, 6.45) is 0.825. The topological polar surface area (TPSA) is 50.4 Å². The first-order valence-electron chi connectivity index (χ1n) is 7.72. The van der Waals surface area contributed by atoms with E-state index in [4.69, 9.17) is 4.74 Å². The molecule has 2 amide bonds. The van der Waals surface area contributed by atoms with Crippen LogP contribution in [0.3, 0.4) is 0 Å². The first kappa shape index (κ1) is 17.5. The van der Waals surface area contributed by atoms with Crippen LogP contribution < -0.4 is 10.6 Å². The Balaban J connectivity index is 2.28. The van der Waals surface area contributed by atoms with E-state index in [1.807, 2.05) is 24.3 Å². The van der Waals surface area contributed by atoms with Gasteiger partial charge < -0.3 is 15.4 Å². The first-order chi connectivity index (χ1) is 10.0. The van der Waals surface area contributed by atoms with Gasteiger partial charge >= 0.3 is 6.03 Å². The monoisotopic (exact) mass is 292 g/mol. The van der Waals surface area contributed by atoms with E-state index in [1.165, 1.54) is 0 Å². The summed E-state index contributed by atoms with van der Waals surface area (Å²) in [6, 6.07) is 7.74. The Morgan fingerprint density at radius 3 is 2.57 bits per heavy atom. The summed E-state index contributed by atoms with van der Waals surface area (Å²) in [5.41, 5.74) is 2.02. The van der Waals surface area contributed by atoms with Gasteiger partial charge in [-0.15, -0.1) is 0 Å². The lowest BCUT2D eigenvalue weighted by Crippen LogP contribution is -2.30. The third kappa shape index (κ3) is 7.14. The molecule has 0 aliphatic carbocycles. The summed E-state index contributed by atoms with van der Waals surface area (Å²) in [4.78, 5) is 11.9. The molecule has 0 saturated carbocycles. The van der Waals surface area contributed by atoms with Crippen molar-refractivity contribution in [2.45, 2.75) is 40.0 Å². The highest BCUT2D eigenvalue weighted by Crippen LogP contribution is 2.23. The minimum Gasteiger partial charge on any atom is -0.381 e. The average molecular weight is 292 g/mol. The Morgan fingerprint density at radius 1 is 1.19 bits per heavy atom. The summed E-state index contributed by atoms with van der Waals surface area (Å²) in [5, 5.41) is 5.77. The van der Waals surface area contributed by atoms with Crippen LogP contribution in [0, 0.1) is 5.92 Å². The predicted molar refractivity (Wildman–Crippen MR) is 87.8 cm³/mol. The molecule has 1 aromatic carbocycles. The van der Waals surface area contributed by atoms with E-state index >= 15 is 0 Å². The third-order valence-corrected chi connectivity index (χ3v) is 3.03. The molecule has 0 unspecified atom stereocenters. The number of amides is 2. The zero-order valence-corrected chi connectivity index (χ0v) is 13.6. The summed E-state index contributed by atoms with van der Waals surface area (Å²) >= 11 is 0. The lowest BCUT2D eigenvalue weighted by atomic mass is 10.0. The largest absolute Gasteiger partial charge is 0.381 e. The minimum absolute atomic E-state index is 0.160. The molecule has 0 aliphatic heterocycles. The van der Waals surface area contributed by atoms with Crippen LogP contribution in [0.1, 0.15) is 45.6 Å². The molecule has 0 aromatic heterocycles. The maximum Gasteiger partial charge on any atom is 0.319 e. The van der Waals surface area contributed by atoms with Crippen LogP contribution in [-0.2, 0) is 4.74 Å². The van der Waals surface area contributed by atoms with E-state index < -0.39 is 0 Å². The lowest BCUT2D eigenvalue weighted by Gasteiger charge is -2.14. The van der Waals surface area contributed by atoms with Gasteiger partial charge in [0.25, 0.3) is 0 Å². The number of benzene rings is 1. The van der Waals surface area contributed by atoms with Gasteiger partial charge in [-0.25, -0.2) is 4.79 Å². The Kier molecular flexibility index (Phi) is 7.83. The fourth-order valence-electron chi connectivity index (χ4n) is 1.98. The highest BCUT2D eigenvalue weighted by Gasteiger charge is 2.08. The van der Waals surface area contributed by atoms with Crippen molar-refractivity contribution in [2.75, 3.05) is 25.1 Å². The number of hydrogen-bond donors (Lipinski definition) is 2. The van der Waals surface area contributed by atoms with Crippen LogP contribution in [0.5, 0.6) is 0 Å². The van der Waals surface area contributed by atoms with Crippen molar-refractivity contribution in [1.29, 1.82) is 0 Å². The Hall–Kier alpha value is -1.55. The molecular formula is C17H28N2O2. The molecule has 1 rings (SSSR count). The highest BCUT2D eigenvalue weighted by molar-refractivity contribution is 5.90. The molecule has 0 heterocycles. The number of hydrogen-bond acceptors (Lipinski definition) is 2. The average Bonchev–Trinajstić information content (AvgIpc) is 2.42. The SMILES string of the molecule is CC(C)COCCCNC(=O)Nc1ccccc1C(C)C. The normalized spacial score (nSPS) is 11.0. The van der Waals surface area contributed by atoms with E-state index in [-0.39, 0.29) is 6.03 Å². The summed E-state index contributed by atoms with van der Waals surface area (Å²) in [6.45, 7) is 10.5. The van der Waals surface area contributed by atoms with Gasteiger partial charge in [0.2, 0.25) is 0 Å². The van der Waals surface area contributed by atoms with Gasteiger partial charge in [-0.05, 0) is 29.9 Å². The van der Waals surface area contributed by atoms with Gasteiger partial charge in [0.15, 0.2) is 0 Å². The van der Waals surface area contributed by atoms with Crippen LogP contribution in [-0.4, -0.2) is 25.8 Å². The molecule has 21 heavy (non-hydrogen) atoms. The minimum atomic E-state index is -0.160. The molecule has 0 fully saturated rings. The molecular weight excluding hydrogens is 264 g/mol. The van der Waals surface area contributed by atoms with Crippen LogP contribution in [0.2, 0.25) is 0 Å². The van der Waals surface area contributed by atoms with E-state index in [0.717, 1.165) is 24.3 Å². The standard InChI is InChI=1S/C17H28N2O2/c1-13(2)12-21-11-7-10-18-17(20)19-16-9-6-5-8-15(16)14(3)4/h5-6,8-9,13-14H,7,10-12H2,1-4H3,(H2,18,19,20). The maximum absolute atomic E-state index is 11.9. The molecule has 0 saturated heterocycles. The van der Waals surface area contributed by atoms with Crippen molar-refractivity contribution in [2.24, 2.45) is 5.92 Å². The Morgan fingerprint density at radius 2 is 1.90 bits per heavy atom. The second-order valence-electron chi connectivity index (χ2n) is 5.95. The van der Waals surface area contributed by atoms with E-state index in [0.29, 0.717) is 25.0 Å². The summed E-state index contributed by atoms with van der Waals surface area (Å²) < 4.78 is 5.47. The second-order valence-corrected chi connectivity index (χ2v) is 5.95. The Bertz CT molecular complexity index is 431. The van der Waals surface area contributed by atoms with Gasteiger partial charge in [-0.1, -0.05) is 45.9 Å². The maximum atomic E-state index is 11.9. The van der Waals surface area contributed by atoms with Crippen LogP contribution in [0.25, 0.3) is 0 Å². The quantitative estimate of drug-likeness (QED) is 0.712. The van der Waals surface area contributed by atoms with Crippen LogP contribution in [0.15, 0.2) is 24.3 Å². The van der Waals surface area contributed by atoms with Crippen molar-refractivity contribution in [3.63, 3.8) is 0 Å². The van der Waals surface area contributed by atoms with Crippen molar-refractivity contribution in [3.8, 4) is 0 Å². The van der Waals surface area contributed by atoms with Crippen LogP contribution in [0.4, 0.5) is 10.5 Å². The lowest BCUT2D eigenvalue weighted by molar-refractivity contribution is 0.108. The zero-order chi connectivity index (χ0) is 15.7. The number of ether oxygens (including phenoxy) is 1. The summed E-state index contributed by atoms with van der Waals surface area (Å²) in [7, 11) is 0. The van der Waals surface area contributed by atoms with Gasteiger partial charge in [-0.3, -0.25) is 0 Å². The number of carbonyl (C=O) groups excluding carboxylic acids is 1. The third-order valence-electron chi connectivity index (χ3n) is 3.03. The zero-order valence-electron chi connectivity index (χ0n) is 13.6. The molecule has 0 spiro atoms. The molecule has 2 N–H and O–H groups in total. The molecule has 0 aliphatic rings. The van der Waals surface area contributed by atoms with Gasteiger partial charge in [0, 0.05) is 25.4 Å². The predicted octanol–water partition coefficient (Wildman–Crippen LogP) is 3.99. The van der Waals surface area contributed by atoms with Gasteiger partial charge in [0.05, 0.1) is 0 Å². The van der Waals surface area contributed by atoms with E-state index in [1.54, 1.807) is 0 Å². The molecule has 0 radical (unpaired) electrons. The fraction of sp³-hybridized carbons (Fsp3) is 0.588. The van der Waals surface area contributed by atoms with Crippen LogP contribution >= 0.6 is 0 Å². The number of nitrogens with one attached hydrogen (secondary N) is 2. The Labute approximate surface area is 128 Å². The number of urea groups is 1. The first-order valence-corrected chi connectivity index (χ1v) is 7.72. The highest BCUT2D eigenvalue weighted by atomic mass is 16.5. The molecule has 0 atom stereocenters. The second kappa shape index (κ2) is 9.40. The van der Waals surface area contributed by atoms with Crippen molar-refractivity contribution >= 4 is 11.7 Å². The van der Waals surface area contributed by atoms with Gasteiger partial charge in [0.1, 0.15) is 0 Å². The van der Waals surface area contributed by atoms with Crippen molar-refractivity contribution in [3.05, 3.63) is 29.8 Å². The fourth-order valence-corrected chi connectivity index (χ4v) is 1.98. The molecule has 1 aromatic rings. The van der Waals surface area contributed by atoms with E-state index in [2.05, 4.69) is 38.3 Å². The molecule has 4 nitrogen and oxygen atoms in total. The summed E-state index contributed by atoms with van der Waals surface area (Å²) in [5.74, 6) is 0.930. The molecule has 118 valence electrons. The van der Waals surface area contributed by atoms with Crippen molar-refractivity contribution in [1.82, 2.24) is 5.32 Å². The number of anilines is 1. The number of para-hydroxylation sites is 1. The van der Waals surface area contributed by atoms with Gasteiger partial charge in [-0.2, -0.15) is 0 Å². The molecule has 4 heteroatoms. The molecule has 0 bridgehead atoms. The smallest absolute Gasteiger partial charge is 0.319 e. The van der Waals surface area contributed by atoms with Crippen molar-refractivity contribution < 1.29 is 9.53 Å².